The van der Waals surface area contributed by atoms with Gasteiger partial charge in [0.1, 0.15) is 36.8 Å². The van der Waals surface area contributed by atoms with E-state index in [0.29, 0.717) is 19.3 Å². The van der Waals surface area contributed by atoms with Gasteiger partial charge in [0.2, 0.25) is 0 Å². The first kappa shape index (κ1) is 56.8. The zero-order valence-corrected chi connectivity index (χ0v) is 38.5. The average Bonchev–Trinajstić information content (AvgIpc) is 3.24. The molecule has 12 nitrogen and oxygen atoms in total. The summed E-state index contributed by atoms with van der Waals surface area (Å²) in [5.41, 5.74) is 0. The maximum Gasteiger partial charge on any atom is 0.306 e. The topological polar surface area (TPSA) is 186 Å². The third-order valence-corrected chi connectivity index (χ3v) is 10.7. The lowest BCUT2D eigenvalue weighted by Gasteiger charge is -2.40. The van der Waals surface area contributed by atoms with Crippen molar-refractivity contribution in [1.29, 1.82) is 0 Å². The van der Waals surface area contributed by atoms with Crippen LogP contribution in [0.1, 0.15) is 155 Å². The largest absolute Gasteiger partial charge is 0.462 e. The first-order valence-corrected chi connectivity index (χ1v) is 24.8. The Hall–Kier alpha value is -3.17. The Labute approximate surface area is 373 Å². The summed E-state index contributed by atoms with van der Waals surface area (Å²) < 4.78 is 54.0. The number of aliphatic hydroxyl groups is 3. The molecule has 0 aromatic rings. The quantitative estimate of drug-likeness (QED) is 0.0201. The normalized spacial score (nSPS) is 20.6. The molecule has 1 rings (SSSR count). The molecule has 13 heteroatoms. The van der Waals surface area contributed by atoms with Gasteiger partial charge in [-0.3, -0.25) is 14.1 Å². The lowest BCUT2D eigenvalue weighted by molar-refractivity contribution is -0.297. The standard InChI is InChI=1S/C49H80O12S/c1-3-5-7-9-11-13-15-17-19-21-23-25-27-29-31-33-35-37-44(50)58-39-42(40-59-49-48(54)47(53)46(52)43(61-49)41-62(55,56)57)60-45(51)38-36-34-32-30-28-26-24-22-20-18-16-14-12-10-8-6-4-2/h5,7,11-14,17-20,23,25,29,31,42-43,46-49,52-54H,3-4,6,8-10,15-16,21-22,24,26-28,30,32-41H2,1-2H3,(H,55,56,57)/b7-5+,13-11+,14-12+,19-17+,20-18+,25-23+,31-29+/t42-,43-,46-,47?,48?,49+/m1/s1. The van der Waals surface area contributed by atoms with Crippen molar-refractivity contribution >= 4 is 22.1 Å². The Balaban J connectivity index is 2.49. The van der Waals surface area contributed by atoms with Crippen LogP contribution in [0.15, 0.2) is 85.1 Å². The Morgan fingerprint density at radius 3 is 1.56 bits per heavy atom. The monoisotopic (exact) mass is 893 g/mol. The van der Waals surface area contributed by atoms with Gasteiger partial charge in [0.15, 0.2) is 12.4 Å². The zero-order valence-electron chi connectivity index (χ0n) is 37.7. The first-order chi connectivity index (χ1) is 30.0. The number of unbranched alkanes of at least 4 members (excludes halogenated alkanes) is 11. The number of hydrogen-bond donors (Lipinski definition) is 4. The van der Waals surface area contributed by atoms with Crippen molar-refractivity contribution in [2.24, 2.45) is 0 Å². The molecule has 1 aliphatic heterocycles. The molecule has 62 heavy (non-hydrogen) atoms. The van der Waals surface area contributed by atoms with Gasteiger partial charge >= 0.3 is 11.9 Å². The van der Waals surface area contributed by atoms with E-state index in [1.807, 2.05) is 12.2 Å². The van der Waals surface area contributed by atoms with Crippen molar-refractivity contribution in [3.63, 3.8) is 0 Å². The van der Waals surface area contributed by atoms with Crippen molar-refractivity contribution in [2.75, 3.05) is 19.0 Å². The second-order valence-corrected chi connectivity index (χ2v) is 17.2. The van der Waals surface area contributed by atoms with Gasteiger partial charge < -0.3 is 34.3 Å². The molecule has 1 aliphatic rings. The summed E-state index contributed by atoms with van der Waals surface area (Å²) in [5.74, 6) is -2.08. The highest BCUT2D eigenvalue weighted by molar-refractivity contribution is 7.85. The minimum absolute atomic E-state index is 0.134. The van der Waals surface area contributed by atoms with Crippen LogP contribution in [0.2, 0.25) is 0 Å². The van der Waals surface area contributed by atoms with Crippen LogP contribution in [-0.2, 0) is 38.7 Å². The number of esters is 2. The third kappa shape index (κ3) is 32.5. The summed E-state index contributed by atoms with van der Waals surface area (Å²) in [6.45, 7) is 3.55. The molecule has 0 aromatic heterocycles. The van der Waals surface area contributed by atoms with Crippen molar-refractivity contribution in [2.45, 2.75) is 192 Å². The van der Waals surface area contributed by atoms with Gasteiger partial charge in [-0.1, -0.05) is 144 Å². The van der Waals surface area contributed by atoms with Crippen LogP contribution in [0, 0.1) is 0 Å². The lowest BCUT2D eigenvalue weighted by atomic mass is 10.00. The van der Waals surface area contributed by atoms with E-state index < -0.39 is 71.2 Å². The molecule has 6 atom stereocenters. The molecule has 0 aromatic carbocycles. The molecule has 0 aliphatic carbocycles. The highest BCUT2D eigenvalue weighted by atomic mass is 32.2. The number of carbonyl (C=O) groups excluding carboxylic acids is 2. The first-order valence-electron chi connectivity index (χ1n) is 23.1. The molecular formula is C49H80O12S. The van der Waals surface area contributed by atoms with Gasteiger partial charge in [-0.15, -0.1) is 0 Å². The Morgan fingerprint density at radius 1 is 0.565 bits per heavy atom. The van der Waals surface area contributed by atoms with Crippen LogP contribution < -0.4 is 0 Å². The summed E-state index contributed by atoms with van der Waals surface area (Å²) in [7, 11) is -4.61. The van der Waals surface area contributed by atoms with Crippen LogP contribution in [0.3, 0.4) is 0 Å². The van der Waals surface area contributed by atoms with Crippen LogP contribution in [-0.4, -0.2) is 96.0 Å². The minimum atomic E-state index is -4.61. The summed E-state index contributed by atoms with van der Waals surface area (Å²) in [6, 6.07) is 0. The summed E-state index contributed by atoms with van der Waals surface area (Å²) in [6.07, 6.45) is 40.5. The van der Waals surface area contributed by atoms with Crippen LogP contribution in [0.4, 0.5) is 0 Å². The third-order valence-electron chi connectivity index (χ3n) is 9.96. The Bertz CT molecular complexity index is 1460. The number of rotatable bonds is 37. The number of carbonyl (C=O) groups is 2. The fourth-order valence-electron chi connectivity index (χ4n) is 6.39. The Morgan fingerprint density at radius 2 is 1.03 bits per heavy atom. The maximum absolute atomic E-state index is 12.8. The fraction of sp³-hybridized carbons (Fsp3) is 0.673. The molecule has 1 fully saturated rings. The number of allylic oxidation sites excluding steroid dienone is 14. The van der Waals surface area contributed by atoms with Gasteiger partial charge in [-0.05, 0) is 83.5 Å². The lowest BCUT2D eigenvalue weighted by Crippen LogP contribution is -2.60. The average molecular weight is 893 g/mol. The molecule has 4 N–H and O–H groups in total. The summed E-state index contributed by atoms with van der Waals surface area (Å²) in [4.78, 5) is 25.4. The molecular weight excluding hydrogens is 813 g/mol. The zero-order chi connectivity index (χ0) is 45.5. The van der Waals surface area contributed by atoms with Gasteiger partial charge in [0.25, 0.3) is 10.1 Å². The van der Waals surface area contributed by atoms with Crippen LogP contribution >= 0.6 is 0 Å². The fourth-order valence-corrected chi connectivity index (χ4v) is 7.08. The molecule has 0 saturated carbocycles. The number of hydrogen-bond acceptors (Lipinski definition) is 11. The molecule has 2 unspecified atom stereocenters. The highest BCUT2D eigenvalue weighted by Crippen LogP contribution is 2.24. The van der Waals surface area contributed by atoms with E-state index >= 15 is 0 Å². The van der Waals surface area contributed by atoms with E-state index in [2.05, 4.69) is 86.8 Å². The molecule has 0 spiro atoms. The van der Waals surface area contributed by atoms with E-state index in [-0.39, 0.29) is 19.4 Å². The van der Waals surface area contributed by atoms with Crippen LogP contribution in [0.25, 0.3) is 0 Å². The van der Waals surface area contributed by atoms with Crippen LogP contribution in [0.5, 0.6) is 0 Å². The van der Waals surface area contributed by atoms with Crippen molar-refractivity contribution in [3.8, 4) is 0 Å². The second-order valence-electron chi connectivity index (χ2n) is 15.7. The van der Waals surface area contributed by atoms with E-state index in [4.69, 9.17) is 18.9 Å². The number of aliphatic hydroxyl groups excluding tert-OH is 3. The maximum atomic E-state index is 12.8. The predicted octanol–water partition coefficient (Wildman–Crippen LogP) is 9.67. The molecule has 1 heterocycles. The van der Waals surface area contributed by atoms with E-state index in [0.717, 1.165) is 89.9 Å². The van der Waals surface area contributed by atoms with Gasteiger partial charge in [-0.2, -0.15) is 8.42 Å². The van der Waals surface area contributed by atoms with Gasteiger partial charge in [-0.25, -0.2) is 0 Å². The summed E-state index contributed by atoms with van der Waals surface area (Å²) >= 11 is 0. The van der Waals surface area contributed by atoms with Crippen molar-refractivity contribution < 1.29 is 56.8 Å². The van der Waals surface area contributed by atoms with Crippen molar-refractivity contribution in [1.82, 2.24) is 0 Å². The molecule has 0 bridgehead atoms. The van der Waals surface area contributed by atoms with Crippen molar-refractivity contribution in [3.05, 3.63) is 85.1 Å². The predicted molar refractivity (Wildman–Crippen MR) is 247 cm³/mol. The molecule has 0 amide bonds. The molecule has 354 valence electrons. The SMILES string of the molecule is CC/C=C/C/C=C/C/C=C/C/C=C/C/C=C/CCCC(=O)OC[C@H](CO[C@H]1O[C@H](CS(=O)(=O)O)[C@@H](O)C(O)C1O)OC(=O)CCCCCCCCC/C=C/C/C=C/CCCCC. The minimum Gasteiger partial charge on any atom is -0.462 e. The molecule has 0 radical (unpaired) electrons. The van der Waals surface area contributed by atoms with E-state index in [9.17, 15) is 37.9 Å². The van der Waals surface area contributed by atoms with Gasteiger partial charge in [0, 0.05) is 12.8 Å². The highest BCUT2D eigenvalue weighted by Gasteiger charge is 2.46. The van der Waals surface area contributed by atoms with Gasteiger partial charge in [0.05, 0.1) is 6.61 Å². The van der Waals surface area contributed by atoms with E-state index in [1.165, 1.54) is 19.3 Å². The van der Waals surface area contributed by atoms with E-state index in [1.54, 1.807) is 0 Å². The Kier molecular flexibility index (Phi) is 35.1. The smallest absolute Gasteiger partial charge is 0.306 e. The number of ether oxygens (including phenoxy) is 4. The second kappa shape index (κ2) is 38.3. The molecule has 1 saturated heterocycles. The summed E-state index contributed by atoms with van der Waals surface area (Å²) in [5, 5.41) is 30.9.